The van der Waals surface area contributed by atoms with Crippen LogP contribution in [0.25, 0.3) is 0 Å². The highest BCUT2D eigenvalue weighted by Crippen LogP contribution is 2.52. The van der Waals surface area contributed by atoms with Gasteiger partial charge in [0.2, 0.25) is 5.91 Å². The van der Waals surface area contributed by atoms with Crippen LogP contribution in [0.1, 0.15) is 40.2 Å². The highest BCUT2D eigenvalue weighted by atomic mass is 32.2. The minimum Gasteiger partial charge on any atom is -0.493 e. The molecule has 4 rings (SSSR count). The second-order valence-electron chi connectivity index (χ2n) is 7.61. The molecule has 2 aromatic carbocycles. The van der Waals surface area contributed by atoms with Gasteiger partial charge >= 0.3 is 0 Å². The van der Waals surface area contributed by atoms with Gasteiger partial charge in [-0.2, -0.15) is 0 Å². The highest BCUT2D eigenvalue weighted by molar-refractivity contribution is 7.99. The van der Waals surface area contributed by atoms with Gasteiger partial charge in [-0.15, -0.1) is 11.8 Å². The molecule has 1 saturated heterocycles. The summed E-state index contributed by atoms with van der Waals surface area (Å²) in [5.74, 6) is 1.27. The standard InChI is InChI=1S/C23H26N2O4S/c1-14(9-10-15-7-5-4-6-8-15)24-21(26)17-13-30-23-16-11-12-18(28-2)20(29-3)19(16)22(27)25(17)23/h4-8,11-12,14,17,23H,9-10,13H2,1-3H3,(H,24,26)/t14-,17+,23+/m0/s1. The van der Waals surface area contributed by atoms with Gasteiger partial charge in [-0.25, -0.2) is 0 Å². The van der Waals surface area contributed by atoms with Crippen LogP contribution >= 0.6 is 11.8 Å². The van der Waals surface area contributed by atoms with Gasteiger partial charge in [0.15, 0.2) is 11.5 Å². The van der Waals surface area contributed by atoms with Gasteiger partial charge in [-0.05, 0) is 31.4 Å². The van der Waals surface area contributed by atoms with E-state index in [1.54, 1.807) is 23.8 Å². The molecule has 3 atom stereocenters. The van der Waals surface area contributed by atoms with Crippen molar-refractivity contribution in [1.82, 2.24) is 10.2 Å². The van der Waals surface area contributed by atoms with Crippen molar-refractivity contribution in [2.45, 2.75) is 37.2 Å². The number of benzene rings is 2. The quantitative estimate of drug-likeness (QED) is 0.735. The summed E-state index contributed by atoms with van der Waals surface area (Å²) in [6.45, 7) is 2.01. The Morgan fingerprint density at radius 1 is 1.20 bits per heavy atom. The predicted octanol–water partition coefficient (Wildman–Crippen LogP) is 3.41. The maximum absolute atomic E-state index is 13.2. The van der Waals surface area contributed by atoms with Gasteiger partial charge in [0.1, 0.15) is 11.4 Å². The van der Waals surface area contributed by atoms with Crippen molar-refractivity contribution in [3.63, 3.8) is 0 Å². The lowest BCUT2D eigenvalue weighted by Gasteiger charge is -2.24. The molecule has 0 spiro atoms. The Balaban J connectivity index is 1.45. The number of ether oxygens (including phenoxy) is 2. The fourth-order valence-electron chi connectivity index (χ4n) is 4.13. The molecule has 0 radical (unpaired) electrons. The number of carbonyl (C=O) groups excluding carboxylic acids is 2. The maximum Gasteiger partial charge on any atom is 0.260 e. The van der Waals surface area contributed by atoms with Gasteiger partial charge in [-0.3, -0.25) is 9.59 Å². The van der Waals surface area contributed by atoms with Crippen molar-refractivity contribution in [1.29, 1.82) is 0 Å². The Morgan fingerprint density at radius 3 is 2.67 bits per heavy atom. The number of fused-ring (bicyclic) bond motifs is 3. The molecule has 2 heterocycles. The minimum atomic E-state index is -0.491. The second-order valence-corrected chi connectivity index (χ2v) is 8.73. The number of carbonyl (C=O) groups is 2. The molecule has 2 aromatic rings. The monoisotopic (exact) mass is 426 g/mol. The van der Waals surface area contributed by atoms with Crippen LogP contribution < -0.4 is 14.8 Å². The number of methoxy groups -OCH3 is 2. The zero-order chi connectivity index (χ0) is 21.3. The maximum atomic E-state index is 13.2. The van der Waals surface area contributed by atoms with Crippen molar-refractivity contribution in [2.24, 2.45) is 0 Å². The fraction of sp³-hybridized carbons (Fsp3) is 0.391. The van der Waals surface area contributed by atoms with Crippen LogP contribution in [-0.2, 0) is 11.2 Å². The van der Waals surface area contributed by atoms with E-state index in [1.807, 2.05) is 37.3 Å². The molecule has 2 amide bonds. The molecule has 1 N–H and O–H groups in total. The molecule has 0 aromatic heterocycles. The van der Waals surface area contributed by atoms with Gasteiger partial charge in [0.25, 0.3) is 5.91 Å². The summed E-state index contributed by atoms with van der Waals surface area (Å²) in [6, 6.07) is 13.5. The van der Waals surface area contributed by atoms with Crippen LogP contribution in [0.3, 0.4) is 0 Å². The number of amides is 2. The highest BCUT2D eigenvalue weighted by Gasteiger charge is 2.50. The lowest BCUT2D eigenvalue weighted by Crippen LogP contribution is -2.48. The van der Waals surface area contributed by atoms with Crippen molar-refractivity contribution < 1.29 is 19.1 Å². The van der Waals surface area contributed by atoms with Crippen LogP contribution in [0.5, 0.6) is 11.5 Å². The number of nitrogens with one attached hydrogen (secondary N) is 1. The first-order valence-electron chi connectivity index (χ1n) is 10.1. The predicted molar refractivity (Wildman–Crippen MR) is 117 cm³/mol. The Morgan fingerprint density at radius 2 is 1.97 bits per heavy atom. The summed E-state index contributed by atoms with van der Waals surface area (Å²) in [5, 5.41) is 2.94. The Hall–Kier alpha value is -2.67. The fourth-order valence-corrected chi connectivity index (χ4v) is 5.59. The number of thioether (sulfide) groups is 1. The van der Waals surface area contributed by atoms with E-state index in [-0.39, 0.29) is 23.2 Å². The summed E-state index contributed by atoms with van der Waals surface area (Å²) in [6.07, 6.45) is 1.74. The molecule has 1 fully saturated rings. The van der Waals surface area contributed by atoms with Gasteiger partial charge in [0.05, 0.1) is 19.8 Å². The van der Waals surface area contributed by atoms with Crippen molar-refractivity contribution >= 4 is 23.6 Å². The lowest BCUT2D eigenvalue weighted by molar-refractivity contribution is -0.125. The third-order valence-corrected chi connectivity index (χ3v) is 7.00. The molecule has 0 unspecified atom stereocenters. The first kappa shape index (κ1) is 20.6. The average Bonchev–Trinajstić information content (AvgIpc) is 3.32. The molecule has 7 heteroatoms. The Bertz CT molecular complexity index is 950. The average molecular weight is 427 g/mol. The number of hydrogen-bond donors (Lipinski definition) is 1. The number of hydrogen-bond acceptors (Lipinski definition) is 5. The van der Waals surface area contributed by atoms with E-state index >= 15 is 0 Å². The molecule has 0 aliphatic carbocycles. The first-order valence-corrected chi connectivity index (χ1v) is 11.1. The van der Waals surface area contributed by atoms with E-state index in [2.05, 4.69) is 17.4 Å². The van der Waals surface area contributed by atoms with E-state index in [0.29, 0.717) is 22.8 Å². The van der Waals surface area contributed by atoms with Crippen molar-refractivity contribution in [2.75, 3.05) is 20.0 Å². The molecule has 2 aliphatic rings. The zero-order valence-corrected chi connectivity index (χ0v) is 18.2. The van der Waals surface area contributed by atoms with Gasteiger partial charge < -0.3 is 19.7 Å². The molecule has 0 saturated carbocycles. The van der Waals surface area contributed by atoms with E-state index in [0.717, 1.165) is 18.4 Å². The van der Waals surface area contributed by atoms with Crippen LogP contribution in [-0.4, -0.2) is 48.8 Å². The third-order valence-electron chi connectivity index (χ3n) is 5.69. The van der Waals surface area contributed by atoms with Crippen LogP contribution in [0.2, 0.25) is 0 Å². The third kappa shape index (κ3) is 3.62. The summed E-state index contributed by atoms with van der Waals surface area (Å²) < 4.78 is 10.8. The molecule has 6 nitrogen and oxygen atoms in total. The van der Waals surface area contributed by atoms with E-state index in [4.69, 9.17) is 9.47 Å². The van der Waals surface area contributed by atoms with Crippen LogP contribution in [0.4, 0.5) is 0 Å². The number of rotatable bonds is 7. The van der Waals surface area contributed by atoms with E-state index in [1.165, 1.54) is 12.7 Å². The lowest BCUT2D eigenvalue weighted by atomic mass is 10.1. The van der Waals surface area contributed by atoms with E-state index < -0.39 is 6.04 Å². The summed E-state index contributed by atoms with van der Waals surface area (Å²) in [7, 11) is 3.08. The van der Waals surface area contributed by atoms with Gasteiger partial charge in [-0.1, -0.05) is 36.4 Å². The summed E-state index contributed by atoms with van der Waals surface area (Å²) in [5.41, 5.74) is 2.64. The van der Waals surface area contributed by atoms with Crippen molar-refractivity contribution in [3.05, 3.63) is 59.2 Å². The Kier molecular flexibility index (Phi) is 5.90. The van der Waals surface area contributed by atoms with Gasteiger partial charge in [0, 0.05) is 17.4 Å². The Labute approximate surface area is 180 Å². The smallest absolute Gasteiger partial charge is 0.260 e. The molecular formula is C23H26N2O4S. The number of nitrogens with zero attached hydrogens (tertiary/aromatic N) is 1. The molecular weight excluding hydrogens is 400 g/mol. The minimum absolute atomic E-state index is 0.0245. The van der Waals surface area contributed by atoms with Crippen molar-refractivity contribution in [3.8, 4) is 11.5 Å². The number of aryl methyl sites for hydroxylation is 1. The molecule has 158 valence electrons. The van der Waals surface area contributed by atoms with Crippen LogP contribution in [0.15, 0.2) is 42.5 Å². The summed E-state index contributed by atoms with van der Waals surface area (Å²) >= 11 is 1.61. The zero-order valence-electron chi connectivity index (χ0n) is 17.4. The SMILES string of the molecule is COc1ccc2c(c1OC)C(=O)N1[C@@H](C(=O)N[C@@H](C)CCc3ccccc3)CS[C@H]21. The molecule has 2 aliphatic heterocycles. The van der Waals surface area contributed by atoms with Crippen LogP contribution in [0, 0.1) is 0 Å². The first-order chi connectivity index (χ1) is 14.5. The normalized spacial score (nSPS) is 20.5. The largest absolute Gasteiger partial charge is 0.493 e. The molecule has 0 bridgehead atoms. The molecule has 30 heavy (non-hydrogen) atoms. The second kappa shape index (κ2) is 8.60. The van der Waals surface area contributed by atoms with E-state index in [9.17, 15) is 9.59 Å². The summed E-state index contributed by atoms with van der Waals surface area (Å²) in [4.78, 5) is 27.9. The topological polar surface area (TPSA) is 67.9 Å².